The van der Waals surface area contributed by atoms with Crippen molar-refractivity contribution in [3.05, 3.63) is 35.5 Å². The molecule has 152 valence electrons. The number of ether oxygens (including phenoxy) is 2. The first-order valence-corrected chi connectivity index (χ1v) is 9.53. The van der Waals surface area contributed by atoms with Crippen molar-refractivity contribution in [2.24, 2.45) is 0 Å². The molecule has 1 aromatic carbocycles. The van der Waals surface area contributed by atoms with E-state index in [4.69, 9.17) is 9.47 Å². The Bertz CT molecular complexity index is 782. The van der Waals surface area contributed by atoms with Crippen LogP contribution in [-0.4, -0.2) is 66.5 Å². The molecule has 1 atom stereocenters. The highest BCUT2D eigenvalue weighted by molar-refractivity contribution is 5.58. The predicted octanol–water partition coefficient (Wildman–Crippen LogP) is 2.16. The van der Waals surface area contributed by atoms with E-state index in [0.29, 0.717) is 25.7 Å². The molecule has 1 aromatic heterocycles. The van der Waals surface area contributed by atoms with Gasteiger partial charge in [0.05, 0.1) is 26.4 Å². The average molecular weight is 387 g/mol. The first kappa shape index (κ1) is 20.3. The van der Waals surface area contributed by atoms with Crippen LogP contribution in [-0.2, 0) is 11.3 Å². The van der Waals surface area contributed by atoms with Crippen LogP contribution < -0.4 is 15.4 Å². The van der Waals surface area contributed by atoms with Crippen LogP contribution in [0, 0.1) is 6.92 Å². The number of aromatic nitrogens is 2. The highest BCUT2D eigenvalue weighted by atomic mass is 16.5. The zero-order chi connectivity index (χ0) is 19.9. The Hall–Kier alpha value is -2.42. The van der Waals surface area contributed by atoms with E-state index in [0.717, 1.165) is 41.6 Å². The van der Waals surface area contributed by atoms with Crippen LogP contribution in [0.3, 0.4) is 0 Å². The molecule has 2 aromatic rings. The van der Waals surface area contributed by atoms with Crippen LogP contribution in [0.25, 0.3) is 0 Å². The molecule has 0 saturated carbocycles. The van der Waals surface area contributed by atoms with Gasteiger partial charge in [0.25, 0.3) is 0 Å². The molecule has 28 heavy (non-hydrogen) atoms. The number of hydrogen-bond acceptors (Lipinski definition) is 8. The van der Waals surface area contributed by atoms with Gasteiger partial charge in [-0.15, -0.1) is 0 Å². The van der Waals surface area contributed by atoms with Crippen molar-refractivity contribution in [3.8, 4) is 5.75 Å². The smallest absolute Gasteiger partial charge is 0.229 e. The minimum absolute atomic E-state index is 0.295. The maximum atomic E-state index is 10.1. The van der Waals surface area contributed by atoms with Gasteiger partial charge in [0.15, 0.2) is 0 Å². The van der Waals surface area contributed by atoms with Crippen LogP contribution in [0.5, 0.6) is 5.75 Å². The van der Waals surface area contributed by atoms with Crippen LogP contribution in [0.15, 0.2) is 24.3 Å². The van der Waals surface area contributed by atoms with E-state index in [1.807, 2.05) is 38.2 Å². The third-order valence-corrected chi connectivity index (χ3v) is 4.63. The number of benzene rings is 1. The van der Waals surface area contributed by atoms with Gasteiger partial charge in [-0.05, 0) is 44.6 Å². The topological polar surface area (TPSA) is 91.8 Å². The second kappa shape index (κ2) is 9.68. The number of aliphatic hydroxyl groups is 1. The van der Waals surface area contributed by atoms with Gasteiger partial charge in [-0.25, -0.2) is 4.98 Å². The summed E-state index contributed by atoms with van der Waals surface area (Å²) in [5.74, 6) is 2.01. The van der Waals surface area contributed by atoms with Crippen molar-refractivity contribution >= 4 is 17.5 Å². The number of nitrogens with one attached hydrogen (secondary N) is 2. The molecule has 2 heterocycles. The molecule has 0 amide bonds. The minimum atomic E-state index is -0.478. The van der Waals surface area contributed by atoms with Gasteiger partial charge in [0, 0.05) is 36.6 Å². The molecule has 8 nitrogen and oxygen atoms in total. The Morgan fingerprint density at radius 3 is 2.75 bits per heavy atom. The van der Waals surface area contributed by atoms with E-state index >= 15 is 0 Å². The molecule has 0 spiro atoms. The van der Waals surface area contributed by atoms with Gasteiger partial charge in [-0.3, -0.25) is 0 Å². The number of methoxy groups -OCH3 is 1. The first-order valence-electron chi connectivity index (χ1n) is 9.53. The highest BCUT2D eigenvalue weighted by Gasteiger charge is 2.17. The second-order valence-electron chi connectivity index (χ2n) is 6.94. The third kappa shape index (κ3) is 5.54. The summed E-state index contributed by atoms with van der Waals surface area (Å²) in [6.07, 6.45) is 0.735. The summed E-state index contributed by atoms with van der Waals surface area (Å²) in [5.41, 5.74) is 2.61. The van der Waals surface area contributed by atoms with Gasteiger partial charge in [0.2, 0.25) is 5.95 Å². The standard InChI is InChI=1S/C20H29N5O3/c1-14-9-19(21-2)24-20(22-14)23-16-5-6-18(27-3)15(10-16)12-28-13-17(26)11-25-7-4-8-25/h5-6,9-10,17,26H,4,7-8,11-13H2,1-3H3,(H2,21,22,23,24). The number of hydrogen-bond donors (Lipinski definition) is 3. The molecule has 3 N–H and O–H groups in total. The summed E-state index contributed by atoms with van der Waals surface area (Å²) in [6.45, 7) is 5.36. The van der Waals surface area contributed by atoms with E-state index in [2.05, 4.69) is 25.5 Å². The largest absolute Gasteiger partial charge is 0.496 e. The summed E-state index contributed by atoms with van der Waals surface area (Å²) >= 11 is 0. The lowest BCUT2D eigenvalue weighted by Crippen LogP contribution is -2.43. The number of nitrogens with zero attached hydrogens (tertiary/aromatic N) is 3. The summed E-state index contributed by atoms with van der Waals surface area (Å²) in [7, 11) is 3.46. The lowest BCUT2D eigenvalue weighted by molar-refractivity contribution is -0.000868. The molecule has 8 heteroatoms. The fraction of sp³-hybridized carbons (Fsp3) is 0.500. The van der Waals surface area contributed by atoms with Crippen LogP contribution in [0.4, 0.5) is 17.5 Å². The Morgan fingerprint density at radius 1 is 1.25 bits per heavy atom. The Morgan fingerprint density at radius 2 is 2.07 bits per heavy atom. The molecule has 1 saturated heterocycles. The van der Waals surface area contributed by atoms with E-state index in [1.165, 1.54) is 6.42 Å². The zero-order valence-corrected chi connectivity index (χ0v) is 16.7. The Labute approximate surface area is 165 Å². The maximum Gasteiger partial charge on any atom is 0.229 e. The fourth-order valence-corrected chi connectivity index (χ4v) is 3.07. The maximum absolute atomic E-state index is 10.1. The normalized spacial score (nSPS) is 15.0. The Kier molecular flexibility index (Phi) is 7.02. The van der Waals surface area contributed by atoms with Crippen molar-refractivity contribution in [3.63, 3.8) is 0 Å². The SMILES string of the molecule is CNc1cc(C)nc(Nc2ccc(OC)c(COCC(O)CN3CCC3)c2)n1. The third-order valence-electron chi connectivity index (χ3n) is 4.63. The van der Waals surface area contributed by atoms with Crippen molar-refractivity contribution in [1.29, 1.82) is 0 Å². The van der Waals surface area contributed by atoms with E-state index in [1.54, 1.807) is 7.11 Å². The molecule has 3 rings (SSSR count). The molecule has 0 bridgehead atoms. The number of β-amino-alcohol motifs (C(OH)–C–C–N with tert-alkyl or cyclic N) is 1. The number of aliphatic hydroxyl groups excluding tert-OH is 1. The van der Waals surface area contributed by atoms with E-state index in [9.17, 15) is 5.11 Å². The molecule has 1 aliphatic rings. The minimum Gasteiger partial charge on any atom is -0.496 e. The summed E-state index contributed by atoms with van der Waals surface area (Å²) in [4.78, 5) is 11.0. The first-order chi connectivity index (χ1) is 13.6. The van der Waals surface area contributed by atoms with Crippen molar-refractivity contribution in [2.75, 3.05) is 51.0 Å². The summed E-state index contributed by atoms with van der Waals surface area (Å²) in [6, 6.07) is 7.62. The molecule has 1 fully saturated rings. The van der Waals surface area contributed by atoms with Gasteiger partial charge in [-0.1, -0.05) is 0 Å². The molecule has 0 aliphatic carbocycles. The van der Waals surface area contributed by atoms with Gasteiger partial charge in [0.1, 0.15) is 11.6 Å². The van der Waals surface area contributed by atoms with Crippen LogP contribution >= 0.6 is 0 Å². The fourth-order valence-electron chi connectivity index (χ4n) is 3.07. The predicted molar refractivity (Wildman–Crippen MR) is 109 cm³/mol. The highest BCUT2D eigenvalue weighted by Crippen LogP contribution is 2.25. The number of aryl methyl sites for hydroxylation is 1. The molecule has 1 unspecified atom stereocenters. The van der Waals surface area contributed by atoms with Gasteiger partial charge in [-0.2, -0.15) is 4.98 Å². The molecular weight excluding hydrogens is 358 g/mol. The summed E-state index contributed by atoms with van der Waals surface area (Å²) in [5, 5.41) is 16.3. The van der Waals surface area contributed by atoms with E-state index in [-0.39, 0.29) is 0 Å². The summed E-state index contributed by atoms with van der Waals surface area (Å²) < 4.78 is 11.2. The van der Waals surface area contributed by atoms with Crippen molar-refractivity contribution in [2.45, 2.75) is 26.1 Å². The van der Waals surface area contributed by atoms with Crippen LogP contribution in [0.1, 0.15) is 17.7 Å². The number of rotatable bonds is 10. The van der Waals surface area contributed by atoms with Crippen molar-refractivity contribution in [1.82, 2.24) is 14.9 Å². The average Bonchev–Trinajstić information content (AvgIpc) is 2.64. The molecule has 0 radical (unpaired) electrons. The molecule has 1 aliphatic heterocycles. The van der Waals surface area contributed by atoms with Crippen molar-refractivity contribution < 1.29 is 14.6 Å². The number of anilines is 3. The number of likely N-dealkylation sites (tertiary alicyclic amines) is 1. The van der Waals surface area contributed by atoms with E-state index < -0.39 is 6.10 Å². The quantitative estimate of drug-likeness (QED) is 0.571. The Balaban J connectivity index is 1.61. The van der Waals surface area contributed by atoms with Gasteiger partial charge < -0.3 is 30.1 Å². The monoisotopic (exact) mass is 387 g/mol. The lowest BCUT2D eigenvalue weighted by atomic mass is 10.2. The van der Waals surface area contributed by atoms with Crippen LogP contribution in [0.2, 0.25) is 0 Å². The lowest BCUT2D eigenvalue weighted by Gasteiger charge is -2.32. The molecular formula is C20H29N5O3. The zero-order valence-electron chi connectivity index (χ0n) is 16.7. The van der Waals surface area contributed by atoms with Gasteiger partial charge >= 0.3 is 0 Å². The second-order valence-corrected chi connectivity index (χ2v) is 6.94.